The quantitative estimate of drug-likeness (QED) is 0.231. The van der Waals surface area contributed by atoms with Crippen molar-refractivity contribution in [1.29, 1.82) is 0 Å². The Morgan fingerprint density at radius 3 is 2.17 bits per heavy atom. The fourth-order valence-corrected chi connectivity index (χ4v) is 5.89. The first-order valence-electron chi connectivity index (χ1n) is 13.9. The van der Waals surface area contributed by atoms with E-state index in [1.54, 1.807) is 12.3 Å². The van der Waals surface area contributed by atoms with E-state index in [0.717, 1.165) is 46.0 Å². The van der Waals surface area contributed by atoms with Crippen molar-refractivity contribution in [2.75, 3.05) is 4.90 Å². The highest BCUT2D eigenvalue weighted by molar-refractivity contribution is 5.91. The van der Waals surface area contributed by atoms with Gasteiger partial charge in [-0.25, -0.2) is 9.97 Å². The smallest absolute Gasteiger partial charge is 0.417 e. The Morgan fingerprint density at radius 2 is 1.50 bits per heavy atom. The summed E-state index contributed by atoms with van der Waals surface area (Å²) in [6, 6.07) is 21.6. The molecule has 0 fully saturated rings. The Labute approximate surface area is 243 Å². The van der Waals surface area contributed by atoms with E-state index in [4.69, 9.17) is 4.98 Å². The summed E-state index contributed by atoms with van der Waals surface area (Å²) in [6.45, 7) is 13.0. The molecule has 3 aromatic carbocycles. The number of nitrogens with zero attached hydrogens (tertiary/aromatic N) is 3. The number of anilines is 3. The van der Waals surface area contributed by atoms with Crippen LogP contribution in [0.15, 0.2) is 79.0 Å². The molecule has 6 rings (SSSR count). The van der Waals surface area contributed by atoms with E-state index in [1.165, 1.54) is 17.2 Å². The second kappa shape index (κ2) is 9.31. The molecule has 0 saturated heterocycles. The third-order valence-electron chi connectivity index (χ3n) is 8.26. The van der Waals surface area contributed by atoms with Gasteiger partial charge in [-0.3, -0.25) is 4.90 Å². The number of pyridine rings is 2. The SMILES string of the molecule is Cc1ccnc(N2c3cc(-c4ccc5c(C(F)(F)F)ccc(O)c5n4)ccc3C(C)(C)c3ccc(C(C)(C)C)cc32)c1. The van der Waals surface area contributed by atoms with Gasteiger partial charge in [-0.2, -0.15) is 13.2 Å². The molecule has 1 N–H and O–H groups in total. The van der Waals surface area contributed by atoms with E-state index in [0.29, 0.717) is 5.69 Å². The summed E-state index contributed by atoms with van der Waals surface area (Å²) in [5, 5.41) is 10.3. The van der Waals surface area contributed by atoms with E-state index >= 15 is 0 Å². The summed E-state index contributed by atoms with van der Waals surface area (Å²) in [4.78, 5) is 11.5. The van der Waals surface area contributed by atoms with Crippen LogP contribution in [-0.4, -0.2) is 15.1 Å². The van der Waals surface area contributed by atoms with Crippen LogP contribution in [0.25, 0.3) is 22.2 Å². The van der Waals surface area contributed by atoms with Gasteiger partial charge in [0.25, 0.3) is 0 Å². The Kier molecular flexibility index (Phi) is 6.16. The number of aryl methyl sites for hydroxylation is 1. The number of alkyl halides is 3. The number of aromatic hydroxyl groups is 1. The van der Waals surface area contributed by atoms with Crippen LogP contribution < -0.4 is 4.90 Å². The summed E-state index contributed by atoms with van der Waals surface area (Å²) < 4.78 is 41.0. The van der Waals surface area contributed by atoms with Crippen LogP contribution in [0, 0.1) is 6.92 Å². The second-order valence-corrected chi connectivity index (χ2v) is 12.6. The number of phenolic OH excluding ortho intramolecular Hbond substituents is 1. The van der Waals surface area contributed by atoms with E-state index in [9.17, 15) is 18.3 Å². The lowest BCUT2D eigenvalue weighted by molar-refractivity contribution is -0.136. The molecular weight excluding hydrogens is 535 g/mol. The van der Waals surface area contributed by atoms with Crippen LogP contribution in [0.2, 0.25) is 0 Å². The standard InChI is InChI=1S/C35H32F3N3O/c1-20-15-16-39-31(17-20)41-28-18-21(27-13-9-23-24(35(36,37)38)12-14-30(42)32(23)40-27)7-10-25(28)34(5,6)26-11-8-22(19-29(26)41)33(2,3)4/h7-19,42H,1-6H3. The fourth-order valence-electron chi connectivity index (χ4n) is 5.89. The van der Waals surface area contributed by atoms with Crippen molar-refractivity contribution in [1.82, 2.24) is 9.97 Å². The van der Waals surface area contributed by atoms with Crippen molar-refractivity contribution >= 4 is 28.1 Å². The van der Waals surface area contributed by atoms with Crippen molar-refractivity contribution < 1.29 is 18.3 Å². The number of halogens is 3. The highest BCUT2D eigenvalue weighted by Crippen LogP contribution is 2.53. The minimum atomic E-state index is -4.56. The molecule has 0 bridgehead atoms. The average Bonchev–Trinajstić information content (AvgIpc) is 2.91. The van der Waals surface area contributed by atoms with Gasteiger partial charge in [-0.1, -0.05) is 58.9 Å². The monoisotopic (exact) mass is 567 g/mol. The van der Waals surface area contributed by atoms with Crippen LogP contribution in [0.5, 0.6) is 5.75 Å². The van der Waals surface area contributed by atoms with Gasteiger partial charge in [0, 0.05) is 22.6 Å². The molecule has 0 atom stereocenters. The molecule has 0 unspecified atom stereocenters. The van der Waals surface area contributed by atoms with Crippen molar-refractivity contribution in [3.8, 4) is 17.0 Å². The summed E-state index contributed by atoms with van der Waals surface area (Å²) >= 11 is 0. The Hall–Kier alpha value is -4.39. The molecular formula is C35H32F3N3O. The molecule has 0 spiro atoms. The summed E-state index contributed by atoms with van der Waals surface area (Å²) in [5.41, 5.74) is 6.35. The van der Waals surface area contributed by atoms with Gasteiger partial charge in [-0.15, -0.1) is 0 Å². The zero-order valence-electron chi connectivity index (χ0n) is 24.4. The molecule has 214 valence electrons. The van der Waals surface area contributed by atoms with E-state index in [2.05, 4.69) is 68.8 Å². The largest absolute Gasteiger partial charge is 0.506 e. The molecule has 0 radical (unpaired) electrons. The van der Waals surface area contributed by atoms with Gasteiger partial charge < -0.3 is 5.11 Å². The van der Waals surface area contributed by atoms with Crippen LogP contribution in [-0.2, 0) is 17.0 Å². The summed E-state index contributed by atoms with van der Waals surface area (Å²) in [5.74, 6) is 0.475. The highest BCUT2D eigenvalue weighted by atomic mass is 19.4. The fraction of sp³-hybridized carbons (Fsp3) is 0.257. The number of rotatable bonds is 2. The maximum atomic E-state index is 13.7. The molecule has 5 aromatic rings. The number of aromatic nitrogens is 2. The van der Waals surface area contributed by atoms with Gasteiger partial charge in [0.15, 0.2) is 0 Å². The lowest BCUT2D eigenvalue weighted by Gasteiger charge is -2.42. The normalized spacial score (nSPS) is 14.5. The first-order chi connectivity index (χ1) is 19.7. The third kappa shape index (κ3) is 4.48. The zero-order valence-corrected chi connectivity index (χ0v) is 24.4. The van der Waals surface area contributed by atoms with E-state index in [1.807, 2.05) is 31.2 Å². The van der Waals surface area contributed by atoms with Gasteiger partial charge in [0.2, 0.25) is 0 Å². The number of hydrogen-bond acceptors (Lipinski definition) is 4. The van der Waals surface area contributed by atoms with Gasteiger partial charge in [0.05, 0.1) is 22.6 Å². The van der Waals surface area contributed by atoms with Crippen molar-refractivity contribution in [3.05, 3.63) is 107 Å². The van der Waals surface area contributed by atoms with Crippen LogP contribution in [0.1, 0.15) is 62.4 Å². The maximum Gasteiger partial charge on any atom is 0.417 e. The highest BCUT2D eigenvalue weighted by Gasteiger charge is 2.38. The predicted molar refractivity (Wildman–Crippen MR) is 162 cm³/mol. The molecule has 4 nitrogen and oxygen atoms in total. The van der Waals surface area contributed by atoms with E-state index < -0.39 is 11.7 Å². The van der Waals surface area contributed by atoms with Gasteiger partial charge in [0.1, 0.15) is 17.1 Å². The Bertz CT molecular complexity index is 1870. The maximum absolute atomic E-state index is 13.7. The Balaban J connectivity index is 1.59. The lowest BCUT2D eigenvalue weighted by atomic mass is 9.72. The van der Waals surface area contributed by atoms with Crippen molar-refractivity contribution in [2.24, 2.45) is 0 Å². The van der Waals surface area contributed by atoms with Crippen molar-refractivity contribution in [2.45, 2.75) is 58.5 Å². The summed E-state index contributed by atoms with van der Waals surface area (Å²) in [6.07, 6.45) is -2.76. The third-order valence-corrected chi connectivity index (χ3v) is 8.26. The van der Waals surface area contributed by atoms with Crippen LogP contribution in [0.3, 0.4) is 0 Å². The van der Waals surface area contributed by atoms with Crippen LogP contribution >= 0.6 is 0 Å². The molecule has 1 aliphatic heterocycles. The molecule has 0 saturated carbocycles. The lowest BCUT2D eigenvalue weighted by Crippen LogP contribution is -2.31. The molecule has 0 amide bonds. The summed E-state index contributed by atoms with van der Waals surface area (Å²) in [7, 11) is 0. The molecule has 42 heavy (non-hydrogen) atoms. The minimum absolute atomic E-state index is 0.0702. The van der Waals surface area contributed by atoms with E-state index in [-0.39, 0.29) is 27.5 Å². The van der Waals surface area contributed by atoms with Gasteiger partial charge in [-0.05, 0) is 83.1 Å². The predicted octanol–water partition coefficient (Wildman–Crippen LogP) is 9.74. The van der Waals surface area contributed by atoms with Crippen molar-refractivity contribution in [3.63, 3.8) is 0 Å². The van der Waals surface area contributed by atoms with Gasteiger partial charge >= 0.3 is 6.18 Å². The zero-order chi connectivity index (χ0) is 30.2. The minimum Gasteiger partial charge on any atom is -0.506 e. The molecule has 7 heteroatoms. The number of hydrogen-bond donors (Lipinski definition) is 1. The number of benzene rings is 3. The topological polar surface area (TPSA) is 49.2 Å². The number of phenols is 1. The van der Waals surface area contributed by atoms with Crippen LogP contribution in [0.4, 0.5) is 30.4 Å². The molecule has 2 aromatic heterocycles. The molecule has 1 aliphatic rings. The molecule has 0 aliphatic carbocycles. The Morgan fingerprint density at radius 1 is 0.810 bits per heavy atom. The first-order valence-corrected chi connectivity index (χ1v) is 13.9. The number of fused-ring (bicyclic) bond motifs is 3. The average molecular weight is 568 g/mol. The first kappa shape index (κ1) is 27.8. The second-order valence-electron chi connectivity index (χ2n) is 12.6. The molecule has 3 heterocycles.